The first kappa shape index (κ1) is 14.8. The van der Waals surface area contributed by atoms with Gasteiger partial charge in [0.25, 0.3) is 0 Å². The van der Waals surface area contributed by atoms with Crippen LogP contribution in [0.3, 0.4) is 0 Å². The van der Waals surface area contributed by atoms with Gasteiger partial charge in [0, 0.05) is 16.4 Å². The number of nitrogen functional groups attached to an aromatic ring is 1. The van der Waals surface area contributed by atoms with Gasteiger partial charge in [0.15, 0.2) is 0 Å². The first-order valence-electron chi connectivity index (χ1n) is 7.11. The van der Waals surface area contributed by atoms with E-state index in [2.05, 4.69) is 21.0 Å². The first-order chi connectivity index (χ1) is 10.1. The van der Waals surface area contributed by atoms with Crippen molar-refractivity contribution < 1.29 is 4.21 Å². The Hall–Kier alpha value is -1.14. The second-order valence-corrected chi connectivity index (χ2v) is 7.68. The summed E-state index contributed by atoms with van der Waals surface area (Å²) in [6.45, 7) is 0. The minimum absolute atomic E-state index is 0.433. The minimum atomic E-state index is -1.12. The summed E-state index contributed by atoms with van der Waals surface area (Å²) in [5.74, 6) is 0.433. The third kappa shape index (κ3) is 3.37. The van der Waals surface area contributed by atoms with E-state index in [9.17, 15) is 4.21 Å². The lowest BCUT2D eigenvalue weighted by molar-refractivity contribution is 0.464. The minimum Gasteiger partial charge on any atom is -0.399 e. The van der Waals surface area contributed by atoms with Crippen LogP contribution >= 0.6 is 15.9 Å². The SMILES string of the molecule is Nc1ccc(S(=O)Cc2ccn(C3CCCC3)n2)c(Br)c1. The Morgan fingerprint density at radius 3 is 2.81 bits per heavy atom. The third-order valence-corrected chi connectivity index (χ3v) is 6.17. The molecule has 1 saturated carbocycles. The fraction of sp³-hybridized carbons (Fsp3) is 0.400. The van der Waals surface area contributed by atoms with Crippen LogP contribution in [0.25, 0.3) is 0 Å². The van der Waals surface area contributed by atoms with Crippen LogP contribution in [-0.2, 0) is 16.6 Å². The number of hydrogen-bond acceptors (Lipinski definition) is 3. The van der Waals surface area contributed by atoms with Crippen molar-refractivity contribution in [1.82, 2.24) is 9.78 Å². The summed E-state index contributed by atoms with van der Waals surface area (Å²) in [7, 11) is -1.12. The average molecular weight is 368 g/mol. The van der Waals surface area contributed by atoms with Gasteiger partial charge in [0.1, 0.15) is 0 Å². The summed E-state index contributed by atoms with van der Waals surface area (Å²) >= 11 is 3.42. The van der Waals surface area contributed by atoms with E-state index in [1.165, 1.54) is 25.7 Å². The molecule has 0 bridgehead atoms. The molecule has 3 rings (SSSR count). The number of nitrogens with zero attached hydrogens (tertiary/aromatic N) is 2. The Morgan fingerprint density at radius 2 is 2.10 bits per heavy atom. The molecule has 0 radical (unpaired) electrons. The molecule has 1 aliphatic carbocycles. The highest BCUT2D eigenvalue weighted by molar-refractivity contribution is 9.10. The first-order valence-corrected chi connectivity index (χ1v) is 9.22. The van der Waals surface area contributed by atoms with E-state index >= 15 is 0 Å². The van der Waals surface area contributed by atoms with Crippen molar-refractivity contribution in [1.29, 1.82) is 0 Å². The zero-order chi connectivity index (χ0) is 14.8. The second kappa shape index (κ2) is 6.32. The van der Waals surface area contributed by atoms with Crippen molar-refractivity contribution in [2.45, 2.75) is 42.4 Å². The van der Waals surface area contributed by atoms with E-state index in [4.69, 9.17) is 5.73 Å². The number of rotatable bonds is 4. The maximum Gasteiger partial charge on any atom is 0.0753 e. The molecule has 0 aliphatic heterocycles. The van der Waals surface area contributed by atoms with Crippen LogP contribution in [0.1, 0.15) is 37.4 Å². The summed E-state index contributed by atoms with van der Waals surface area (Å²) in [4.78, 5) is 0.764. The van der Waals surface area contributed by atoms with E-state index in [0.717, 1.165) is 15.1 Å². The van der Waals surface area contributed by atoms with Crippen LogP contribution in [0.2, 0.25) is 0 Å². The number of benzene rings is 1. The van der Waals surface area contributed by atoms with Crippen molar-refractivity contribution in [3.05, 3.63) is 40.6 Å². The van der Waals surface area contributed by atoms with Crippen LogP contribution in [0.5, 0.6) is 0 Å². The lowest BCUT2D eigenvalue weighted by atomic mass is 10.3. The van der Waals surface area contributed by atoms with Gasteiger partial charge in [0.05, 0.1) is 33.2 Å². The Morgan fingerprint density at radius 1 is 1.33 bits per heavy atom. The van der Waals surface area contributed by atoms with Crippen LogP contribution in [0, 0.1) is 0 Å². The van der Waals surface area contributed by atoms with Crippen LogP contribution in [0.4, 0.5) is 5.69 Å². The summed E-state index contributed by atoms with van der Waals surface area (Å²) in [6, 6.07) is 7.86. The molecule has 0 saturated heterocycles. The van der Waals surface area contributed by atoms with Crippen molar-refractivity contribution in [2.75, 3.05) is 5.73 Å². The number of aromatic nitrogens is 2. The number of hydrogen-bond donors (Lipinski definition) is 1. The van der Waals surface area contributed by atoms with Gasteiger partial charge in [-0.1, -0.05) is 12.8 Å². The molecule has 21 heavy (non-hydrogen) atoms. The molecule has 112 valence electrons. The molecule has 2 aromatic rings. The van der Waals surface area contributed by atoms with Gasteiger partial charge in [0.2, 0.25) is 0 Å². The fourth-order valence-corrected chi connectivity index (χ4v) is 4.75. The lowest BCUT2D eigenvalue weighted by Gasteiger charge is -2.09. The Kier molecular flexibility index (Phi) is 4.45. The maximum atomic E-state index is 12.5. The molecular formula is C15H18BrN3OS. The molecule has 0 amide bonds. The van der Waals surface area contributed by atoms with Crippen molar-refractivity contribution in [3.63, 3.8) is 0 Å². The summed E-state index contributed by atoms with van der Waals surface area (Å²) in [5, 5.41) is 4.59. The summed E-state index contributed by atoms with van der Waals surface area (Å²) in [6.07, 6.45) is 6.98. The Labute approximate surface area is 135 Å². The summed E-state index contributed by atoms with van der Waals surface area (Å²) < 4.78 is 15.3. The highest BCUT2D eigenvalue weighted by atomic mass is 79.9. The van der Waals surface area contributed by atoms with Gasteiger partial charge in [-0.05, 0) is 53.0 Å². The van der Waals surface area contributed by atoms with E-state index in [1.54, 1.807) is 12.1 Å². The van der Waals surface area contributed by atoms with Crippen molar-refractivity contribution >= 4 is 32.4 Å². The molecule has 1 aliphatic rings. The standard InChI is InChI=1S/C15H18BrN3OS/c16-14-9-11(17)5-6-15(14)21(20)10-12-7-8-19(18-12)13-3-1-2-4-13/h5-9,13H,1-4,10,17H2. The molecule has 6 heteroatoms. The molecule has 2 N–H and O–H groups in total. The fourth-order valence-electron chi connectivity index (χ4n) is 2.74. The molecule has 1 fully saturated rings. The molecule has 4 nitrogen and oxygen atoms in total. The number of anilines is 1. The van der Waals surface area contributed by atoms with E-state index in [1.807, 2.05) is 23.0 Å². The zero-order valence-electron chi connectivity index (χ0n) is 11.7. The molecule has 1 atom stereocenters. The molecule has 1 aromatic carbocycles. The van der Waals surface area contributed by atoms with Crippen LogP contribution < -0.4 is 5.73 Å². The number of nitrogens with two attached hydrogens (primary N) is 1. The lowest BCUT2D eigenvalue weighted by Crippen LogP contribution is -2.06. The Bertz CT molecular complexity index is 665. The average Bonchev–Trinajstić information content (AvgIpc) is 3.08. The number of halogens is 1. The quantitative estimate of drug-likeness (QED) is 0.838. The smallest absolute Gasteiger partial charge is 0.0753 e. The predicted octanol–water partition coefficient (Wildman–Crippen LogP) is 3.65. The maximum absolute atomic E-state index is 12.5. The molecule has 0 spiro atoms. The Balaban J connectivity index is 1.72. The van der Waals surface area contributed by atoms with Gasteiger partial charge in [-0.15, -0.1) is 0 Å². The highest BCUT2D eigenvalue weighted by Gasteiger charge is 2.18. The second-order valence-electron chi connectivity index (χ2n) is 5.41. The topological polar surface area (TPSA) is 60.9 Å². The van der Waals surface area contributed by atoms with Crippen molar-refractivity contribution in [3.8, 4) is 0 Å². The highest BCUT2D eigenvalue weighted by Crippen LogP contribution is 2.29. The normalized spacial score (nSPS) is 17.2. The van der Waals surface area contributed by atoms with Gasteiger partial charge >= 0.3 is 0 Å². The van der Waals surface area contributed by atoms with Gasteiger partial charge < -0.3 is 5.73 Å². The molecule has 1 aromatic heterocycles. The van der Waals surface area contributed by atoms with Crippen molar-refractivity contribution in [2.24, 2.45) is 0 Å². The molecule has 1 unspecified atom stereocenters. The van der Waals surface area contributed by atoms with Gasteiger partial charge in [-0.3, -0.25) is 8.89 Å². The zero-order valence-corrected chi connectivity index (χ0v) is 14.1. The van der Waals surface area contributed by atoms with Crippen LogP contribution in [0.15, 0.2) is 39.8 Å². The predicted molar refractivity (Wildman–Crippen MR) is 88.4 cm³/mol. The van der Waals surface area contributed by atoms with Gasteiger partial charge in [-0.25, -0.2) is 0 Å². The van der Waals surface area contributed by atoms with E-state index in [-0.39, 0.29) is 0 Å². The molecular weight excluding hydrogens is 350 g/mol. The van der Waals surface area contributed by atoms with E-state index < -0.39 is 10.8 Å². The van der Waals surface area contributed by atoms with Gasteiger partial charge in [-0.2, -0.15) is 5.10 Å². The summed E-state index contributed by atoms with van der Waals surface area (Å²) in [5.41, 5.74) is 7.25. The monoisotopic (exact) mass is 367 g/mol. The van der Waals surface area contributed by atoms with Crippen LogP contribution in [-0.4, -0.2) is 14.0 Å². The third-order valence-electron chi connectivity index (χ3n) is 3.84. The molecule has 1 heterocycles. The largest absolute Gasteiger partial charge is 0.399 e. The van der Waals surface area contributed by atoms with E-state index in [0.29, 0.717) is 17.5 Å².